The minimum atomic E-state index is -0.122. The number of hydrogen-bond donors (Lipinski definition) is 2. The fourth-order valence-corrected chi connectivity index (χ4v) is 3.18. The van der Waals surface area contributed by atoms with Crippen molar-refractivity contribution >= 4 is 5.91 Å². The molecule has 1 aliphatic rings. The van der Waals surface area contributed by atoms with Crippen molar-refractivity contribution in [2.45, 2.75) is 32.2 Å². The Labute approximate surface area is 129 Å². The summed E-state index contributed by atoms with van der Waals surface area (Å²) in [5.74, 6) is 0.783. The zero-order valence-corrected chi connectivity index (χ0v) is 12.7. The lowest BCUT2D eigenvalue weighted by molar-refractivity contribution is 0.0928. The van der Waals surface area contributed by atoms with Gasteiger partial charge in [-0.05, 0) is 32.2 Å². The molecule has 1 aliphatic carbocycles. The molecule has 2 aromatic rings. The monoisotopic (exact) mass is 299 g/mol. The van der Waals surface area contributed by atoms with Gasteiger partial charge in [0.2, 0.25) is 0 Å². The van der Waals surface area contributed by atoms with E-state index in [-0.39, 0.29) is 11.9 Å². The number of nitrogens with zero attached hydrogens (tertiary/aromatic N) is 1. The Morgan fingerprint density at radius 3 is 2.86 bits per heavy atom. The molecule has 1 heterocycles. The van der Waals surface area contributed by atoms with E-state index in [1.54, 1.807) is 6.92 Å². The number of aryl methyl sites for hydroxylation is 1. The molecule has 1 amide bonds. The second-order valence-corrected chi connectivity index (χ2v) is 5.84. The van der Waals surface area contributed by atoms with Gasteiger partial charge in [0.15, 0.2) is 0 Å². The molecule has 0 saturated heterocycles. The number of carbonyl (C=O) groups excluding carboxylic acids is 1. The summed E-state index contributed by atoms with van der Waals surface area (Å²) in [7, 11) is 0. The van der Waals surface area contributed by atoms with Crippen LogP contribution in [-0.4, -0.2) is 23.7 Å². The number of aromatic nitrogens is 1. The zero-order valence-electron chi connectivity index (χ0n) is 12.7. The van der Waals surface area contributed by atoms with Crippen LogP contribution in [0.3, 0.4) is 0 Å². The third-order valence-electron chi connectivity index (χ3n) is 4.42. The fraction of sp³-hybridized carbons (Fsp3) is 0.412. The van der Waals surface area contributed by atoms with E-state index in [1.165, 1.54) is 0 Å². The van der Waals surface area contributed by atoms with Crippen molar-refractivity contribution in [3.63, 3.8) is 0 Å². The molecule has 3 rings (SSSR count). The number of rotatable bonds is 4. The van der Waals surface area contributed by atoms with E-state index < -0.39 is 0 Å². The topological polar surface area (TPSA) is 81.2 Å². The third kappa shape index (κ3) is 2.76. The summed E-state index contributed by atoms with van der Waals surface area (Å²) in [5, 5.41) is 7.17. The zero-order chi connectivity index (χ0) is 15.5. The molecule has 2 unspecified atom stereocenters. The molecule has 0 spiro atoms. The molecule has 116 valence electrons. The fourth-order valence-electron chi connectivity index (χ4n) is 3.18. The van der Waals surface area contributed by atoms with Crippen molar-refractivity contribution in [3.05, 3.63) is 41.7 Å². The summed E-state index contributed by atoms with van der Waals surface area (Å²) in [4.78, 5) is 12.7. The molecule has 3 N–H and O–H groups in total. The van der Waals surface area contributed by atoms with E-state index in [1.807, 2.05) is 30.3 Å². The lowest BCUT2D eigenvalue weighted by Gasteiger charge is -2.19. The van der Waals surface area contributed by atoms with Crippen LogP contribution in [0.2, 0.25) is 0 Å². The average Bonchev–Trinajstić information content (AvgIpc) is 3.14. The summed E-state index contributed by atoms with van der Waals surface area (Å²) in [6.07, 6.45) is 3.18. The van der Waals surface area contributed by atoms with Crippen molar-refractivity contribution in [2.75, 3.05) is 6.54 Å². The molecule has 0 bridgehead atoms. The van der Waals surface area contributed by atoms with Crippen LogP contribution in [0.15, 0.2) is 34.9 Å². The van der Waals surface area contributed by atoms with Crippen LogP contribution in [0, 0.1) is 12.8 Å². The lowest BCUT2D eigenvalue weighted by Crippen LogP contribution is -2.40. The maximum Gasteiger partial charge on any atom is 0.257 e. The van der Waals surface area contributed by atoms with E-state index in [0.29, 0.717) is 29.5 Å². The largest absolute Gasteiger partial charge is 0.360 e. The van der Waals surface area contributed by atoms with Gasteiger partial charge in [0.1, 0.15) is 17.0 Å². The summed E-state index contributed by atoms with van der Waals surface area (Å²) in [5.41, 5.74) is 7.79. The van der Waals surface area contributed by atoms with Crippen LogP contribution < -0.4 is 11.1 Å². The number of hydrogen-bond acceptors (Lipinski definition) is 4. The first-order chi connectivity index (χ1) is 10.7. The molecule has 5 nitrogen and oxygen atoms in total. The molecule has 1 aromatic heterocycles. The highest BCUT2D eigenvalue weighted by atomic mass is 16.5. The SMILES string of the molecule is Cc1onc(-c2ccccc2)c1C(=O)NC1CCCC1CN. The van der Waals surface area contributed by atoms with Crippen molar-refractivity contribution in [3.8, 4) is 11.3 Å². The molecule has 1 fully saturated rings. The molecule has 2 atom stereocenters. The Kier molecular flexibility index (Phi) is 4.24. The molecule has 0 aliphatic heterocycles. The first-order valence-corrected chi connectivity index (χ1v) is 7.73. The van der Waals surface area contributed by atoms with E-state index in [2.05, 4.69) is 10.5 Å². The van der Waals surface area contributed by atoms with Gasteiger partial charge in [-0.15, -0.1) is 0 Å². The predicted molar refractivity (Wildman–Crippen MR) is 84.3 cm³/mol. The lowest BCUT2D eigenvalue weighted by atomic mass is 10.0. The van der Waals surface area contributed by atoms with Gasteiger partial charge < -0.3 is 15.6 Å². The highest BCUT2D eigenvalue weighted by Gasteiger charge is 2.30. The number of nitrogens with one attached hydrogen (secondary N) is 1. The predicted octanol–water partition coefficient (Wildman–Crippen LogP) is 2.51. The minimum Gasteiger partial charge on any atom is -0.360 e. The van der Waals surface area contributed by atoms with Gasteiger partial charge in [-0.1, -0.05) is 41.9 Å². The Morgan fingerprint density at radius 2 is 2.14 bits per heavy atom. The van der Waals surface area contributed by atoms with Crippen molar-refractivity contribution in [1.29, 1.82) is 0 Å². The molecule has 5 heteroatoms. The standard InChI is InChI=1S/C17H21N3O2/c1-11-15(16(20-22-11)12-6-3-2-4-7-12)17(21)19-14-9-5-8-13(14)10-18/h2-4,6-7,13-14H,5,8-10,18H2,1H3,(H,19,21). The van der Waals surface area contributed by atoms with E-state index in [0.717, 1.165) is 24.8 Å². The number of amides is 1. The van der Waals surface area contributed by atoms with Gasteiger partial charge in [-0.2, -0.15) is 0 Å². The maximum absolute atomic E-state index is 12.7. The van der Waals surface area contributed by atoms with Crippen LogP contribution in [0.5, 0.6) is 0 Å². The van der Waals surface area contributed by atoms with Crippen LogP contribution in [0.25, 0.3) is 11.3 Å². The van der Waals surface area contributed by atoms with Crippen molar-refractivity contribution < 1.29 is 9.32 Å². The first-order valence-electron chi connectivity index (χ1n) is 7.73. The summed E-state index contributed by atoms with van der Waals surface area (Å²) < 4.78 is 5.25. The second kappa shape index (κ2) is 6.32. The van der Waals surface area contributed by atoms with E-state index in [4.69, 9.17) is 10.3 Å². The van der Waals surface area contributed by atoms with Crippen LogP contribution >= 0.6 is 0 Å². The number of carbonyl (C=O) groups is 1. The number of nitrogens with two attached hydrogens (primary N) is 1. The molecule has 22 heavy (non-hydrogen) atoms. The third-order valence-corrected chi connectivity index (χ3v) is 4.42. The van der Waals surface area contributed by atoms with Crippen LogP contribution in [0.1, 0.15) is 35.4 Å². The maximum atomic E-state index is 12.7. The Hall–Kier alpha value is -2.14. The highest BCUT2D eigenvalue weighted by Crippen LogP contribution is 2.28. The normalized spacial score (nSPS) is 21.0. The Bertz CT molecular complexity index is 651. The summed E-state index contributed by atoms with van der Waals surface area (Å²) in [6, 6.07) is 9.76. The van der Waals surface area contributed by atoms with Gasteiger partial charge in [0.25, 0.3) is 5.91 Å². The first kappa shape index (κ1) is 14.8. The van der Waals surface area contributed by atoms with Gasteiger partial charge in [-0.25, -0.2) is 0 Å². The summed E-state index contributed by atoms with van der Waals surface area (Å²) in [6.45, 7) is 2.38. The van der Waals surface area contributed by atoms with E-state index in [9.17, 15) is 4.79 Å². The van der Waals surface area contributed by atoms with Crippen molar-refractivity contribution in [1.82, 2.24) is 10.5 Å². The molecule has 1 aromatic carbocycles. The Morgan fingerprint density at radius 1 is 1.36 bits per heavy atom. The Balaban J connectivity index is 1.85. The van der Waals surface area contributed by atoms with Crippen LogP contribution in [-0.2, 0) is 0 Å². The van der Waals surface area contributed by atoms with Crippen LogP contribution in [0.4, 0.5) is 0 Å². The molecular weight excluding hydrogens is 278 g/mol. The number of benzene rings is 1. The van der Waals surface area contributed by atoms with Gasteiger partial charge in [0.05, 0.1) is 0 Å². The smallest absolute Gasteiger partial charge is 0.257 e. The van der Waals surface area contributed by atoms with E-state index >= 15 is 0 Å². The summed E-state index contributed by atoms with van der Waals surface area (Å²) >= 11 is 0. The molecular formula is C17H21N3O2. The van der Waals surface area contributed by atoms with Crippen molar-refractivity contribution in [2.24, 2.45) is 11.7 Å². The minimum absolute atomic E-state index is 0.122. The average molecular weight is 299 g/mol. The molecule has 1 saturated carbocycles. The molecule has 0 radical (unpaired) electrons. The second-order valence-electron chi connectivity index (χ2n) is 5.84. The van der Waals surface area contributed by atoms with Gasteiger partial charge in [0, 0.05) is 11.6 Å². The highest BCUT2D eigenvalue weighted by molar-refractivity contribution is 6.00. The van der Waals surface area contributed by atoms with Gasteiger partial charge in [-0.3, -0.25) is 4.79 Å². The quantitative estimate of drug-likeness (QED) is 0.909. The van der Waals surface area contributed by atoms with Gasteiger partial charge >= 0.3 is 0 Å².